The van der Waals surface area contributed by atoms with Crippen molar-refractivity contribution in [3.63, 3.8) is 0 Å². The molecule has 0 fully saturated rings. The van der Waals surface area contributed by atoms with Crippen LogP contribution in [0.1, 0.15) is 36.6 Å². The second-order valence-corrected chi connectivity index (χ2v) is 11.0. The summed E-state index contributed by atoms with van der Waals surface area (Å²) in [5.74, 6) is -1.38. The summed E-state index contributed by atoms with van der Waals surface area (Å²) in [6.45, 7) is 3.79. The fraction of sp³-hybridized carbons (Fsp3) is 0.161. The highest BCUT2D eigenvalue weighted by Crippen LogP contribution is 2.37. The second kappa shape index (κ2) is 10.6. The Kier molecular flexibility index (Phi) is 6.93. The van der Waals surface area contributed by atoms with Crippen molar-refractivity contribution in [2.45, 2.75) is 26.4 Å². The van der Waals surface area contributed by atoms with Gasteiger partial charge in [0.2, 0.25) is 0 Å². The average Bonchev–Trinajstić information content (AvgIpc) is 3.42. The van der Waals surface area contributed by atoms with Crippen molar-refractivity contribution in [1.82, 2.24) is 4.57 Å². The standard InChI is InChI=1S/C31H23ClFN3O4S/c1-3-40-30(39)24-17(2)34-31-36(26(24)19-10-14-21(33)15-11-19)29(38)27(41-31)25-22-6-4-5-7-23(22)35(28(25)37)16-18-8-12-20(32)13-9-18/h4-15,26H,3,16H2,1-2H3/b27-25+/t26-/m0/s1. The van der Waals surface area contributed by atoms with Crippen molar-refractivity contribution in [2.24, 2.45) is 4.99 Å². The van der Waals surface area contributed by atoms with E-state index in [9.17, 15) is 18.8 Å². The number of thiazole rings is 1. The van der Waals surface area contributed by atoms with E-state index in [1.165, 1.54) is 28.8 Å². The maximum Gasteiger partial charge on any atom is 0.338 e. The highest BCUT2D eigenvalue weighted by molar-refractivity contribution is 7.07. The third-order valence-electron chi connectivity index (χ3n) is 7.08. The molecular formula is C31H23ClFN3O4S. The minimum Gasteiger partial charge on any atom is -0.463 e. The number of esters is 1. The zero-order valence-electron chi connectivity index (χ0n) is 22.1. The van der Waals surface area contributed by atoms with Crippen LogP contribution in [0, 0.1) is 5.82 Å². The highest BCUT2D eigenvalue weighted by Gasteiger charge is 2.37. The Morgan fingerprint density at radius 2 is 1.76 bits per heavy atom. The summed E-state index contributed by atoms with van der Waals surface area (Å²) in [7, 11) is 0. The number of rotatable bonds is 5. The van der Waals surface area contributed by atoms with Crippen molar-refractivity contribution in [2.75, 3.05) is 11.5 Å². The number of hydrogen-bond acceptors (Lipinski definition) is 6. The van der Waals surface area contributed by atoms with Crippen molar-refractivity contribution in [3.8, 4) is 0 Å². The molecule has 0 aliphatic carbocycles. The molecule has 0 N–H and O–H groups in total. The van der Waals surface area contributed by atoms with E-state index in [-0.39, 0.29) is 28.2 Å². The summed E-state index contributed by atoms with van der Waals surface area (Å²) in [6, 6.07) is 19.3. The molecular weight excluding hydrogens is 565 g/mol. The molecule has 1 amide bonds. The van der Waals surface area contributed by atoms with Gasteiger partial charge in [0.1, 0.15) is 10.3 Å². The SMILES string of the molecule is CCOC(=O)C1=C(C)N=c2s/c(=C3/C(=O)N(Cc4ccc(Cl)cc4)c4ccccc43)c(=O)n2[C@H]1c1ccc(F)cc1. The summed E-state index contributed by atoms with van der Waals surface area (Å²) in [6.07, 6.45) is 0. The normalized spacial score (nSPS) is 17.3. The van der Waals surface area contributed by atoms with Gasteiger partial charge in [0, 0.05) is 10.6 Å². The third kappa shape index (κ3) is 4.61. The van der Waals surface area contributed by atoms with E-state index in [4.69, 9.17) is 16.3 Å². The first kappa shape index (κ1) is 26.9. The van der Waals surface area contributed by atoms with Crippen molar-refractivity contribution >= 4 is 46.1 Å². The van der Waals surface area contributed by atoms with Crippen LogP contribution in [-0.4, -0.2) is 23.1 Å². The van der Waals surface area contributed by atoms with Gasteiger partial charge < -0.3 is 9.64 Å². The van der Waals surface area contributed by atoms with Crippen molar-refractivity contribution in [3.05, 3.63) is 131 Å². The maximum absolute atomic E-state index is 14.2. The molecule has 0 spiro atoms. The van der Waals surface area contributed by atoms with Gasteiger partial charge in [-0.15, -0.1) is 0 Å². The van der Waals surface area contributed by atoms with Crippen LogP contribution >= 0.6 is 22.9 Å². The topological polar surface area (TPSA) is 81.0 Å². The van der Waals surface area contributed by atoms with Crippen molar-refractivity contribution in [1.29, 1.82) is 0 Å². The molecule has 41 heavy (non-hydrogen) atoms. The van der Waals surface area contributed by atoms with E-state index in [2.05, 4.69) is 4.99 Å². The molecule has 1 atom stereocenters. The summed E-state index contributed by atoms with van der Waals surface area (Å²) in [5.41, 5.74) is 3.10. The zero-order valence-corrected chi connectivity index (χ0v) is 23.6. The molecule has 4 aromatic rings. The van der Waals surface area contributed by atoms with Crippen LogP contribution in [0.25, 0.3) is 5.57 Å². The summed E-state index contributed by atoms with van der Waals surface area (Å²) < 4.78 is 20.8. The van der Waals surface area contributed by atoms with Crippen LogP contribution in [0.2, 0.25) is 5.02 Å². The molecule has 0 unspecified atom stereocenters. The largest absolute Gasteiger partial charge is 0.463 e. The lowest BCUT2D eigenvalue weighted by atomic mass is 9.96. The number of hydrogen-bond donors (Lipinski definition) is 0. The van der Waals surface area contributed by atoms with Gasteiger partial charge in [0.25, 0.3) is 11.5 Å². The average molecular weight is 588 g/mol. The molecule has 3 aromatic carbocycles. The zero-order chi connectivity index (χ0) is 28.8. The van der Waals surface area contributed by atoms with E-state index in [0.717, 1.165) is 16.9 Å². The quantitative estimate of drug-likeness (QED) is 0.322. The van der Waals surface area contributed by atoms with Gasteiger partial charge in [-0.1, -0.05) is 65.4 Å². The van der Waals surface area contributed by atoms with Gasteiger partial charge in [-0.05, 0) is 55.3 Å². The van der Waals surface area contributed by atoms with Crippen LogP contribution < -0.4 is 19.8 Å². The van der Waals surface area contributed by atoms with E-state index >= 15 is 0 Å². The Hall–Kier alpha value is -4.34. The molecule has 10 heteroatoms. The first-order valence-corrected chi connectivity index (χ1v) is 14.1. The van der Waals surface area contributed by atoms with Crippen LogP contribution in [0.3, 0.4) is 0 Å². The number of anilines is 1. The number of benzene rings is 3. The predicted octanol–water partition coefficient (Wildman–Crippen LogP) is 4.51. The summed E-state index contributed by atoms with van der Waals surface area (Å²) in [5, 5.41) is 0.594. The molecule has 2 aliphatic rings. The molecule has 7 nitrogen and oxygen atoms in total. The minimum absolute atomic E-state index is 0.134. The third-order valence-corrected chi connectivity index (χ3v) is 8.39. The molecule has 0 bridgehead atoms. The minimum atomic E-state index is -0.905. The number of carbonyl (C=O) groups is 2. The van der Waals surface area contributed by atoms with Gasteiger partial charge in [-0.25, -0.2) is 14.2 Å². The number of para-hydroxylation sites is 1. The molecule has 0 saturated heterocycles. The lowest BCUT2D eigenvalue weighted by molar-refractivity contribution is -0.139. The fourth-order valence-electron chi connectivity index (χ4n) is 5.23. The van der Waals surface area contributed by atoms with Crippen LogP contribution in [0.4, 0.5) is 10.1 Å². The van der Waals surface area contributed by atoms with E-state index < -0.39 is 23.4 Å². The van der Waals surface area contributed by atoms with Gasteiger partial charge in [-0.3, -0.25) is 14.2 Å². The smallest absolute Gasteiger partial charge is 0.338 e. The van der Waals surface area contributed by atoms with E-state index in [0.29, 0.717) is 38.9 Å². The Morgan fingerprint density at radius 1 is 1.05 bits per heavy atom. The first-order valence-electron chi connectivity index (χ1n) is 12.9. The molecule has 6 rings (SSSR count). The van der Waals surface area contributed by atoms with Crippen LogP contribution in [-0.2, 0) is 20.9 Å². The number of nitrogens with zero attached hydrogens (tertiary/aromatic N) is 3. The fourth-order valence-corrected chi connectivity index (χ4v) is 6.49. The number of fused-ring (bicyclic) bond motifs is 2. The second-order valence-electron chi connectivity index (χ2n) is 9.58. The van der Waals surface area contributed by atoms with Crippen LogP contribution in [0.15, 0.2) is 93.9 Å². The lowest BCUT2D eigenvalue weighted by Gasteiger charge is -2.24. The molecule has 1 aromatic heterocycles. The predicted molar refractivity (Wildman–Crippen MR) is 155 cm³/mol. The first-order chi connectivity index (χ1) is 19.8. The van der Waals surface area contributed by atoms with Crippen molar-refractivity contribution < 1.29 is 18.7 Å². The summed E-state index contributed by atoms with van der Waals surface area (Å²) in [4.78, 5) is 47.8. The number of allylic oxidation sites excluding steroid dienone is 1. The number of aromatic nitrogens is 1. The molecule has 206 valence electrons. The maximum atomic E-state index is 14.2. The van der Waals surface area contributed by atoms with Crippen LogP contribution in [0.5, 0.6) is 0 Å². The lowest BCUT2D eigenvalue weighted by Crippen LogP contribution is -2.41. The summed E-state index contributed by atoms with van der Waals surface area (Å²) >= 11 is 7.14. The number of amides is 1. The molecule has 0 saturated carbocycles. The molecule has 0 radical (unpaired) electrons. The van der Waals surface area contributed by atoms with Gasteiger partial charge in [0.05, 0.1) is 41.7 Å². The Labute approximate surface area is 243 Å². The molecule has 3 heterocycles. The Bertz CT molecular complexity index is 1930. The van der Waals surface area contributed by atoms with Gasteiger partial charge in [0.15, 0.2) is 4.80 Å². The van der Waals surface area contributed by atoms with E-state index in [1.807, 2.05) is 36.4 Å². The van der Waals surface area contributed by atoms with E-state index in [1.54, 1.807) is 30.9 Å². The Balaban J connectivity index is 1.56. The van der Waals surface area contributed by atoms with Gasteiger partial charge in [-0.2, -0.15) is 0 Å². The monoisotopic (exact) mass is 587 g/mol. The van der Waals surface area contributed by atoms with Gasteiger partial charge >= 0.3 is 5.97 Å². The number of ether oxygens (including phenoxy) is 1. The number of halogens is 2. The highest BCUT2D eigenvalue weighted by atomic mass is 35.5. The molecule has 2 aliphatic heterocycles. The number of carbonyl (C=O) groups excluding carboxylic acids is 2. The Morgan fingerprint density at radius 3 is 2.46 bits per heavy atom.